The molecule has 0 aliphatic carbocycles. The molecule has 0 bridgehead atoms. The number of carbonyl (C=O) groups excluding carboxylic acids is 1. The van der Waals surface area contributed by atoms with Gasteiger partial charge in [0.15, 0.2) is 0 Å². The Morgan fingerprint density at radius 3 is 1.11 bits per heavy atom. The Labute approximate surface area is 232 Å². The molecule has 0 radical (unpaired) electrons. The van der Waals surface area contributed by atoms with Crippen molar-refractivity contribution in [3.05, 3.63) is 0 Å². The number of ether oxygens (including phenoxy) is 1. The van der Waals surface area contributed by atoms with Crippen LogP contribution < -0.4 is 0 Å². The molecule has 0 heterocycles. The van der Waals surface area contributed by atoms with E-state index in [2.05, 4.69) is 20.8 Å². The average Bonchev–Trinajstić information content (AvgIpc) is 2.88. The van der Waals surface area contributed by atoms with Crippen LogP contribution >= 0.6 is 0 Å². The quantitative estimate of drug-likeness (QED) is 0.0813. The maximum atomic E-state index is 11.6. The number of carboxylic acid groups (broad SMARTS) is 1. The van der Waals surface area contributed by atoms with Gasteiger partial charge in [0.1, 0.15) is 0 Å². The molecule has 4 heteroatoms. The van der Waals surface area contributed by atoms with Gasteiger partial charge in [0, 0.05) is 12.8 Å². The van der Waals surface area contributed by atoms with E-state index in [0.29, 0.717) is 19.4 Å². The summed E-state index contributed by atoms with van der Waals surface area (Å²) in [6.07, 6.45) is 33.1. The van der Waals surface area contributed by atoms with Crippen molar-refractivity contribution in [3.63, 3.8) is 0 Å². The van der Waals surface area contributed by atoms with E-state index in [1.54, 1.807) is 0 Å². The predicted octanol–water partition coefficient (Wildman–Crippen LogP) is 11.2. The van der Waals surface area contributed by atoms with Gasteiger partial charge in [-0.15, -0.1) is 0 Å². The number of carbonyl (C=O) groups is 2. The number of carboxylic acids is 1. The van der Waals surface area contributed by atoms with Gasteiger partial charge in [-0.1, -0.05) is 162 Å². The van der Waals surface area contributed by atoms with Gasteiger partial charge in [0.05, 0.1) is 6.61 Å². The normalized spacial score (nSPS) is 10.7. The lowest BCUT2D eigenvalue weighted by molar-refractivity contribution is -0.144. The first-order valence-corrected chi connectivity index (χ1v) is 16.5. The summed E-state index contributed by atoms with van der Waals surface area (Å²) < 4.78 is 5.33. The van der Waals surface area contributed by atoms with Crippen LogP contribution in [0.2, 0.25) is 0 Å². The molecular formula is C33H66O4. The molecule has 222 valence electrons. The Hall–Kier alpha value is -1.06. The molecule has 0 aliphatic rings. The minimum absolute atomic E-state index is 0.0115. The highest BCUT2D eigenvalue weighted by atomic mass is 16.5. The molecule has 0 aliphatic heterocycles. The van der Waals surface area contributed by atoms with Crippen molar-refractivity contribution in [1.29, 1.82) is 0 Å². The molecule has 4 nitrogen and oxygen atoms in total. The van der Waals surface area contributed by atoms with Crippen molar-refractivity contribution in [1.82, 2.24) is 0 Å². The smallest absolute Gasteiger partial charge is 0.305 e. The summed E-state index contributed by atoms with van der Waals surface area (Å²) in [6.45, 7) is 7.24. The van der Waals surface area contributed by atoms with Crippen molar-refractivity contribution >= 4 is 11.9 Å². The number of hydrogen-bond donors (Lipinski definition) is 1. The summed E-state index contributed by atoms with van der Waals surface area (Å²) in [5.74, 6) is -0.663. The molecule has 1 N–H and O–H groups in total. The van der Waals surface area contributed by atoms with Gasteiger partial charge in [-0.3, -0.25) is 9.59 Å². The molecule has 0 aromatic rings. The molecule has 0 aromatic heterocycles. The van der Waals surface area contributed by atoms with Crippen LogP contribution in [0.25, 0.3) is 0 Å². The summed E-state index contributed by atoms with van der Waals surface area (Å²) >= 11 is 0. The Kier molecular flexibility index (Phi) is 36.0. The fourth-order valence-corrected chi connectivity index (χ4v) is 4.48. The molecule has 0 fully saturated rings. The number of esters is 1. The first-order chi connectivity index (χ1) is 18.1. The molecule has 0 saturated heterocycles. The van der Waals surface area contributed by atoms with Crippen LogP contribution in [0.5, 0.6) is 0 Å². The second-order valence-electron chi connectivity index (χ2n) is 10.9. The summed E-state index contributed by atoms with van der Waals surface area (Å²) in [5.41, 5.74) is 0. The van der Waals surface area contributed by atoms with Gasteiger partial charge < -0.3 is 9.84 Å². The van der Waals surface area contributed by atoms with E-state index >= 15 is 0 Å². The second-order valence-corrected chi connectivity index (χ2v) is 10.9. The van der Waals surface area contributed by atoms with Gasteiger partial charge in [0.25, 0.3) is 0 Å². The van der Waals surface area contributed by atoms with Gasteiger partial charge in [-0.2, -0.15) is 0 Å². The van der Waals surface area contributed by atoms with Gasteiger partial charge in [-0.05, 0) is 19.3 Å². The zero-order valence-electron chi connectivity index (χ0n) is 25.5. The molecule has 0 spiro atoms. The minimum atomic E-state index is -0.675. The monoisotopic (exact) mass is 526 g/mol. The fraction of sp³-hybridized carbons (Fsp3) is 0.939. The van der Waals surface area contributed by atoms with E-state index in [1.165, 1.54) is 128 Å². The van der Waals surface area contributed by atoms with Crippen LogP contribution in [-0.2, 0) is 14.3 Å². The van der Waals surface area contributed by atoms with Crippen LogP contribution in [0, 0.1) is 0 Å². The van der Waals surface area contributed by atoms with E-state index < -0.39 is 5.97 Å². The maximum absolute atomic E-state index is 11.6. The number of hydrogen-bond acceptors (Lipinski definition) is 3. The van der Waals surface area contributed by atoms with E-state index in [0.717, 1.165) is 32.1 Å². The van der Waals surface area contributed by atoms with Crippen molar-refractivity contribution in [2.45, 2.75) is 194 Å². The maximum Gasteiger partial charge on any atom is 0.305 e. The zero-order chi connectivity index (χ0) is 27.7. The molecule has 0 rings (SSSR count). The van der Waals surface area contributed by atoms with Crippen LogP contribution in [0.15, 0.2) is 0 Å². The van der Waals surface area contributed by atoms with E-state index in [-0.39, 0.29) is 5.97 Å². The largest absolute Gasteiger partial charge is 0.481 e. The molecule has 0 unspecified atom stereocenters. The summed E-state index contributed by atoms with van der Waals surface area (Å²) in [6, 6.07) is 0. The van der Waals surface area contributed by atoms with Gasteiger partial charge in [0.2, 0.25) is 0 Å². The van der Waals surface area contributed by atoms with Crippen LogP contribution in [0.3, 0.4) is 0 Å². The second kappa shape index (κ2) is 34.9. The summed E-state index contributed by atoms with van der Waals surface area (Å²) in [7, 11) is 0. The Morgan fingerprint density at radius 1 is 0.432 bits per heavy atom. The molecule has 0 amide bonds. The van der Waals surface area contributed by atoms with Crippen molar-refractivity contribution in [2.24, 2.45) is 0 Å². The topological polar surface area (TPSA) is 63.6 Å². The first kappa shape index (κ1) is 38.1. The SMILES string of the molecule is CCCCCCC(=O)O.CCCCCCCCCCCCCCCCCCOC(=O)CCCCCCC. The number of unbranched alkanes of at least 4 members (excludes halogenated alkanes) is 22. The molecule has 37 heavy (non-hydrogen) atoms. The lowest BCUT2D eigenvalue weighted by Gasteiger charge is -2.05. The number of aliphatic carboxylic acids is 1. The third-order valence-corrected chi connectivity index (χ3v) is 6.99. The molecule has 0 atom stereocenters. The van der Waals surface area contributed by atoms with Crippen molar-refractivity contribution in [3.8, 4) is 0 Å². The van der Waals surface area contributed by atoms with Crippen molar-refractivity contribution in [2.75, 3.05) is 6.61 Å². The predicted molar refractivity (Wildman–Crippen MR) is 160 cm³/mol. The highest BCUT2D eigenvalue weighted by molar-refractivity contribution is 5.69. The first-order valence-electron chi connectivity index (χ1n) is 16.5. The molecule has 0 aromatic carbocycles. The summed E-state index contributed by atoms with van der Waals surface area (Å²) in [5, 5.41) is 8.21. The Morgan fingerprint density at radius 2 is 0.730 bits per heavy atom. The van der Waals surface area contributed by atoms with Gasteiger partial charge >= 0.3 is 11.9 Å². The van der Waals surface area contributed by atoms with E-state index in [1.807, 2.05) is 0 Å². The third kappa shape index (κ3) is 39.6. The zero-order valence-corrected chi connectivity index (χ0v) is 25.5. The van der Waals surface area contributed by atoms with Crippen molar-refractivity contribution < 1.29 is 19.4 Å². The fourth-order valence-electron chi connectivity index (χ4n) is 4.48. The lowest BCUT2D eigenvalue weighted by atomic mass is 10.0. The average molecular weight is 527 g/mol. The standard InChI is InChI=1S/C26H52O2.C7H14O2/c1-3-5-7-9-10-11-12-13-14-15-16-17-18-19-21-23-25-28-26(27)24-22-20-8-6-4-2;1-2-3-4-5-6-7(8)9/h3-25H2,1-2H3;2-6H2,1H3,(H,8,9). The highest BCUT2D eigenvalue weighted by Gasteiger charge is 2.02. The van der Waals surface area contributed by atoms with Crippen LogP contribution in [0.4, 0.5) is 0 Å². The summed E-state index contributed by atoms with van der Waals surface area (Å²) in [4.78, 5) is 21.6. The minimum Gasteiger partial charge on any atom is -0.481 e. The number of rotatable bonds is 28. The highest BCUT2D eigenvalue weighted by Crippen LogP contribution is 2.14. The Bertz CT molecular complexity index is 450. The van der Waals surface area contributed by atoms with Crippen LogP contribution in [-0.4, -0.2) is 23.7 Å². The molecule has 0 saturated carbocycles. The molecular weight excluding hydrogens is 460 g/mol. The third-order valence-electron chi connectivity index (χ3n) is 6.99. The van der Waals surface area contributed by atoms with Gasteiger partial charge in [-0.25, -0.2) is 0 Å². The van der Waals surface area contributed by atoms with E-state index in [4.69, 9.17) is 9.84 Å². The Balaban J connectivity index is 0. The van der Waals surface area contributed by atoms with E-state index in [9.17, 15) is 9.59 Å². The lowest BCUT2D eigenvalue weighted by Crippen LogP contribution is -2.05. The van der Waals surface area contributed by atoms with Crippen LogP contribution in [0.1, 0.15) is 194 Å².